The van der Waals surface area contributed by atoms with Crippen LogP contribution >= 0.6 is 24.4 Å². The predicted octanol–water partition coefficient (Wildman–Crippen LogP) is 2.84. The lowest BCUT2D eigenvalue weighted by molar-refractivity contribution is 0.404. The van der Waals surface area contributed by atoms with Crippen molar-refractivity contribution in [3.05, 3.63) is 0 Å². The first-order valence-corrected chi connectivity index (χ1v) is 5.94. The summed E-state index contributed by atoms with van der Waals surface area (Å²) in [6.45, 7) is 0. The largest absolute Gasteiger partial charge is 0.179 e. The molecule has 1 aliphatic rings. The zero-order chi connectivity index (χ0) is 7.40. The molecule has 0 amide bonds. The highest BCUT2D eigenvalue weighted by molar-refractivity contribution is 7.99. The molecule has 1 aliphatic carbocycles. The summed E-state index contributed by atoms with van der Waals surface area (Å²) in [4.78, 5) is 0. The Morgan fingerprint density at radius 1 is 1.40 bits per heavy atom. The van der Waals surface area contributed by atoms with Gasteiger partial charge in [-0.1, -0.05) is 12.8 Å². The topological polar surface area (TPSA) is 0 Å². The molecular formula is C8H16S2. The standard InChI is InChI=1S/C8H16S2/c1-10-8-5-3-2-4-7(8)6-9/h7-9H,2-6H2,1H3. The molecule has 0 aromatic rings. The van der Waals surface area contributed by atoms with E-state index < -0.39 is 0 Å². The van der Waals surface area contributed by atoms with Gasteiger partial charge in [-0.2, -0.15) is 24.4 Å². The minimum Gasteiger partial charge on any atom is -0.179 e. The van der Waals surface area contributed by atoms with Gasteiger partial charge in [0, 0.05) is 5.25 Å². The molecule has 10 heavy (non-hydrogen) atoms. The molecule has 0 aromatic heterocycles. The number of thioether (sulfide) groups is 1. The second-order valence-corrected chi connectivity index (χ2v) is 4.44. The summed E-state index contributed by atoms with van der Waals surface area (Å²) in [7, 11) is 0. The van der Waals surface area contributed by atoms with Crippen molar-refractivity contribution in [2.75, 3.05) is 12.0 Å². The van der Waals surface area contributed by atoms with Crippen molar-refractivity contribution in [2.45, 2.75) is 30.9 Å². The predicted molar refractivity (Wildman–Crippen MR) is 53.1 cm³/mol. The van der Waals surface area contributed by atoms with Crippen LogP contribution in [0.15, 0.2) is 0 Å². The van der Waals surface area contributed by atoms with Crippen molar-refractivity contribution in [3.63, 3.8) is 0 Å². The van der Waals surface area contributed by atoms with Crippen molar-refractivity contribution >= 4 is 24.4 Å². The molecule has 1 saturated carbocycles. The molecule has 2 atom stereocenters. The Kier molecular flexibility index (Phi) is 4.00. The highest BCUT2D eigenvalue weighted by Crippen LogP contribution is 2.32. The van der Waals surface area contributed by atoms with Crippen LogP contribution in [0.5, 0.6) is 0 Å². The highest BCUT2D eigenvalue weighted by atomic mass is 32.2. The average Bonchev–Trinajstić information content (AvgIpc) is 2.04. The Morgan fingerprint density at radius 3 is 2.60 bits per heavy atom. The van der Waals surface area contributed by atoms with E-state index in [-0.39, 0.29) is 0 Å². The maximum atomic E-state index is 4.36. The summed E-state index contributed by atoms with van der Waals surface area (Å²) >= 11 is 6.39. The number of thiol groups is 1. The van der Waals surface area contributed by atoms with Crippen molar-refractivity contribution in [3.8, 4) is 0 Å². The summed E-state index contributed by atoms with van der Waals surface area (Å²) in [6.07, 6.45) is 7.94. The van der Waals surface area contributed by atoms with Gasteiger partial charge in [0.05, 0.1) is 0 Å². The molecule has 1 fully saturated rings. The molecule has 60 valence electrons. The van der Waals surface area contributed by atoms with Gasteiger partial charge in [0.25, 0.3) is 0 Å². The minimum absolute atomic E-state index is 0.895. The van der Waals surface area contributed by atoms with Gasteiger partial charge in [0.1, 0.15) is 0 Å². The molecule has 0 nitrogen and oxygen atoms in total. The molecule has 1 rings (SSSR count). The first-order valence-electron chi connectivity index (χ1n) is 4.02. The zero-order valence-electron chi connectivity index (χ0n) is 6.55. The van der Waals surface area contributed by atoms with Crippen LogP contribution in [0.25, 0.3) is 0 Å². The van der Waals surface area contributed by atoms with Gasteiger partial charge in [0.2, 0.25) is 0 Å². The molecule has 2 heteroatoms. The lowest BCUT2D eigenvalue weighted by Gasteiger charge is -2.28. The van der Waals surface area contributed by atoms with Crippen LogP contribution in [-0.2, 0) is 0 Å². The number of rotatable bonds is 2. The summed E-state index contributed by atoms with van der Waals surface area (Å²) in [5.74, 6) is 1.98. The third kappa shape index (κ3) is 2.09. The SMILES string of the molecule is CSC1CCCCC1CS. The average molecular weight is 176 g/mol. The van der Waals surface area contributed by atoms with Gasteiger partial charge in [-0.25, -0.2) is 0 Å². The molecule has 0 heterocycles. The van der Waals surface area contributed by atoms with Crippen LogP contribution in [0.4, 0.5) is 0 Å². The monoisotopic (exact) mass is 176 g/mol. The maximum absolute atomic E-state index is 4.36. The molecule has 0 radical (unpaired) electrons. The second kappa shape index (κ2) is 4.55. The van der Waals surface area contributed by atoms with Gasteiger partial charge in [-0.3, -0.25) is 0 Å². The lowest BCUT2D eigenvalue weighted by Crippen LogP contribution is -2.22. The van der Waals surface area contributed by atoms with E-state index in [0.29, 0.717) is 0 Å². The van der Waals surface area contributed by atoms with Gasteiger partial charge >= 0.3 is 0 Å². The molecule has 0 N–H and O–H groups in total. The van der Waals surface area contributed by atoms with Crippen molar-refractivity contribution in [2.24, 2.45) is 5.92 Å². The molecule has 0 bridgehead atoms. The first-order chi connectivity index (χ1) is 4.88. The van der Waals surface area contributed by atoms with Gasteiger partial charge in [-0.05, 0) is 30.8 Å². The third-order valence-electron chi connectivity index (χ3n) is 2.38. The van der Waals surface area contributed by atoms with E-state index in [2.05, 4.69) is 18.9 Å². The first kappa shape index (κ1) is 8.79. The molecule has 0 aromatic carbocycles. The third-order valence-corrected chi connectivity index (χ3v) is 4.07. The molecule has 0 aliphatic heterocycles. The summed E-state index contributed by atoms with van der Waals surface area (Å²) < 4.78 is 0. The normalized spacial score (nSPS) is 34.2. The van der Waals surface area contributed by atoms with Crippen molar-refractivity contribution in [1.29, 1.82) is 0 Å². The van der Waals surface area contributed by atoms with Crippen LogP contribution in [0, 0.1) is 5.92 Å². The van der Waals surface area contributed by atoms with Crippen molar-refractivity contribution < 1.29 is 0 Å². The fourth-order valence-corrected chi connectivity index (χ4v) is 3.29. The van der Waals surface area contributed by atoms with Gasteiger partial charge in [-0.15, -0.1) is 0 Å². The maximum Gasteiger partial charge on any atom is 0.00803 e. The minimum atomic E-state index is 0.895. The summed E-state index contributed by atoms with van der Waals surface area (Å²) in [5.41, 5.74) is 0. The van der Waals surface area contributed by atoms with Crippen LogP contribution in [-0.4, -0.2) is 17.3 Å². The smallest absolute Gasteiger partial charge is 0.00803 e. The molecule has 2 unspecified atom stereocenters. The Labute approximate surface area is 73.6 Å². The zero-order valence-corrected chi connectivity index (χ0v) is 8.26. The highest BCUT2D eigenvalue weighted by Gasteiger charge is 2.22. The van der Waals surface area contributed by atoms with Crippen LogP contribution in [0.2, 0.25) is 0 Å². The lowest BCUT2D eigenvalue weighted by atomic mass is 9.90. The van der Waals surface area contributed by atoms with Crippen LogP contribution < -0.4 is 0 Å². The summed E-state index contributed by atoms with van der Waals surface area (Å²) in [6, 6.07) is 0. The Morgan fingerprint density at radius 2 is 2.10 bits per heavy atom. The second-order valence-electron chi connectivity index (χ2n) is 3.00. The van der Waals surface area contributed by atoms with E-state index in [9.17, 15) is 0 Å². The van der Waals surface area contributed by atoms with E-state index in [1.54, 1.807) is 0 Å². The van der Waals surface area contributed by atoms with Gasteiger partial charge < -0.3 is 0 Å². The Balaban J connectivity index is 2.34. The fraction of sp³-hybridized carbons (Fsp3) is 1.00. The molecular weight excluding hydrogens is 160 g/mol. The van der Waals surface area contributed by atoms with Crippen molar-refractivity contribution in [1.82, 2.24) is 0 Å². The van der Waals surface area contributed by atoms with Gasteiger partial charge in [0.15, 0.2) is 0 Å². The fourth-order valence-electron chi connectivity index (χ4n) is 1.69. The van der Waals surface area contributed by atoms with E-state index in [1.807, 2.05) is 11.8 Å². The van der Waals surface area contributed by atoms with E-state index in [4.69, 9.17) is 0 Å². The molecule has 0 saturated heterocycles. The Bertz CT molecular complexity index is 81.3. The van der Waals surface area contributed by atoms with E-state index >= 15 is 0 Å². The molecule has 0 spiro atoms. The van der Waals surface area contributed by atoms with E-state index in [0.717, 1.165) is 16.9 Å². The quantitative estimate of drug-likeness (QED) is 0.631. The van der Waals surface area contributed by atoms with E-state index in [1.165, 1.54) is 25.7 Å². The summed E-state index contributed by atoms with van der Waals surface area (Å²) in [5, 5.41) is 0.909. The number of hydrogen-bond donors (Lipinski definition) is 1. The Hall–Kier alpha value is 0.700. The van der Waals surface area contributed by atoms with Crippen LogP contribution in [0.3, 0.4) is 0 Å². The van der Waals surface area contributed by atoms with Crippen LogP contribution in [0.1, 0.15) is 25.7 Å². The number of hydrogen-bond acceptors (Lipinski definition) is 2.